The number of carbonyl (C=O) groups is 2. The fourth-order valence-corrected chi connectivity index (χ4v) is 8.10. The Kier molecular flexibility index (Phi) is 9.39. The predicted molar refractivity (Wildman–Crippen MR) is 168 cm³/mol. The van der Waals surface area contributed by atoms with Gasteiger partial charge in [-0.1, -0.05) is 79.9 Å². The summed E-state index contributed by atoms with van der Waals surface area (Å²) in [4.78, 5) is 30.6. The van der Waals surface area contributed by atoms with E-state index in [-0.39, 0.29) is 17.7 Å². The third kappa shape index (κ3) is 6.63. The smallest absolute Gasteiger partial charge is 0.321 e. The Morgan fingerprint density at radius 1 is 0.907 bits per heavy atom. The molecule has 228 valence electrons. The largest absolute Gasteiger partial charge is 0.480 e. The van der Waals surface area contributed by atoms with E-state index in [9.17, 15) is 14.7 Å². The molecule has 3 atom stereocenters. The number of hydrogen-bond acceptors (Lipinski definition) is 5. The molecule has 3 fully saturated rings. The molecule has 43 heavy (non-hydrogen) atoms. The lowest BCUT2D eigenvalue weighted by molar-refractivity contribution is -0.145. The third-order valence-corrected chi connectivity index (χ3v) is 10.3. The predicted octanol–water partition coefficient (Wildman–Crippen LogP) is 6.06. The zero-order chi connectivity index (χ0) is 29.8. The van der Waals surface area contributed by atoms with Crippen LogP contribution in [0, 0.1) is 11.8 Å². The van der Waals surface area contributed by atoms with Crippen molar-refractivity contribution in [2.24, 2.45) is 11.8 Å². The van der Waals surface area contributed by atoms with Gasteiger partial charge in [0.15, 0.2) is 0 Å². The van der Waals surface area contributed by atoms with Crippen LogP contribution < -0.4 is 0 Å². The van der Waals surface area contributed by atoms with Gasteiger partial charge >= 0.3 is 5.97 Å². The number of carboxylic acids is 1. The van der Waals surface area contributed by atoms with E-state index < -0.39 is 5.97 Å². The van der Waals surface area contributed by atoms with Gasteiger partial charge in [-0.25, -0.2) is 0 Å². The molecule has 0 bridgehead atoms. The number of carbonyl (C=O) groups excluding carboxylic acids is 1. The number of rotatable bonds is 10. The second-order valence-electron chi connectivity index (χ2n) is 13.0. The maximum absolute atomic E-state index is 13.1. The Morgan fingerprint density at radius 2 is 1.58 bits per heavy atom. The van der Waals surface area contributed by atoms with Gasteiger partial charge in [0.1, 0.15) is 11.7 Å². The summed E-state index contributed by atoms with van der Waals surface area (Å²) in [5.74, 6) is 0.737. The molecular weight excluding hydrogens is 536 g/mol. The number of aromatic nitrogens is 2. The van der Waals surface area contributed by atoms with Crippen LogP contribution in [0.25, 0.3) is 0 Å². The number of aliphatic carboxylic acids is 1. The first-order valence-corrected chi connectivity index (χ1v) is 16.4. The van der Waals surface area contributed by atoms with Gasteiger partial charge in [0, 0.05) is 49.3 Å². The molecular formula is C36H46N4O3. The molecule has 7 nitrogen and oxygen atoms in total. The molecule has 1 aliphatic carbocycles. The molecule has 1 N–H and O–H groups in total. The van der Waals surface area contributed by atoms with Crippen LogP contribution in [0.1, 0.15) is 91.0 Å². The van der Waals surface area contributed by atoms with Gasteiger partial charge in [0.2, 0.25) is 5.78 Å². The fraction of sp³-hybridized carbons (Fsp3) is 0.528. The van der Waals surface area contributed by atoms with Gasteiger partial charge in [-0.05, 0) is 69.2 Å². The summed E-state index contributed by atoms with van der Waals surface area (Å²) in [6.45, 7) is 7.52. The third-order valence-electron chi connectivity index (χ3n) is 10.3. The van der Waals surface area contributed by atoms with Crippen molar-refractivity contribution in [3.8, 4) is 0 Å². The zero-order valence-electron chi connectivity index (χ0n) is 25.5. The Balaban J connectivity index is 1.13. The van der Waals surface area contributed by atoms with E-state index in [0.29, 0.717) is 29.0 Å². The number of hydrogen-bond donors (Lipinski definition) is 1. The summed E-state index contributed by atoms with van der Waals surface area (Å²) in [6.07, 6.45) is 7.69. The van der Waals surface area contributed by atoms with Crippen LogP contribution >= 0.6 is 0 Å². The van der Waals surface area contributed by atoms with Crippen molar-refractivity contribution < 1.29 is 14.7 Å². The number of nitrogens with zero attached hydrogens (tertiary/aromatic N) is 4. The van der Waals surface area contributed by atoms with E-state index in [4.69, 9.17) is 5.10 Å². The van der Waals surface area contributed by atoms with Crippen LogP contribution in [0.3, 0.4) is 0 Å². The molecule has 1 aromatic heterocycles. The Labute approximate surface area is 255 Å². The number of aryl methyl sites for hydroxylation is 1. The molecule has 3 aromatic rings. The Bertz CT molecular complexity index is 1360. The maximum Gasteiger partial charge on any atom is 0.321 e. The lowest BCUT2D eigenvalue weighted by Crippen LogP contribution is -2.46. The van der Waals surface area contributed by atoms with Crippen LogP contribution in [0.4, 0.5) is 0 Å². The summed E-state index contributed by atoms with van der Waals surface area (Å²) in [5.41, 5.74) is 3.72. The highest BCUT2D eigenvalue weighted by Crippen LogP contribution is 2.39. The second kappa shape index (κ2) is 13.6. The normalized spacial score (nSPS) is 23.4. The molecule has 3 unspecified atom stereocenters. The molecule has 0 spiro atoms. The summed E-state index contributed by atoms with van der Waals surface area (Å²) in [5, 5.41) is 15.1. The van der Waals surface area contributed by atoms with Gasteiger partial charge < -0.3 is 10.0 Å². The first-order valence-electron chi connectivity index (χ1n) is 16.4. The molecule has 2 aromatic carbocycles. The fourth-order valence-electron chi connectivity index (χ4n) is 8.10. The molecule has 2 saturated heterocycles. The topological polar surface area (TPSA) is 78.7 Å². The molecule has 1 saturated carbocycles. The van der Waals surface area contributed by atoms with E-state index in [2.05, 4.69) is 47.1 Å². The van der Waals surface area contributed by atoms with Crippen molar-refractivity contribution in [1.82, 2.24) is 19.6 Å². The first kappa shape index (κ1) is 29.8. The summed E-state index contributed by atoms with van der Waals surface area (Å²) < 4.78 is 2.02. The molecule has 2 aliphatic heterocycles. The number of carboxylic acid groups (broad SMARTS) is 1. The minimum atomic E-state index is -0.641. The van der Waals surface area contributed by atoms with Gasteiger partial charge in [-0.3, -0.25) is 19.2 Å². The number of likely N-dealkylation sites (tertiary alicyclic amines) is 2. The quantitative estimate of drug-likeness (QED) is 0.293. The maximum atomic E-state index is 13.1. The van der Waals surface area contributed by atoms with Crippen LogP contribution in [0.15, 0.2) is 66.7 Å². The monoisotopic (exact) mass is 582 g/mol. The van der Waals surface area contributed by atoms with E-state index in [1.54, 1.807) is 0 Å². The van der Waals surface area contributed by atoms with Crippen molar-refractivity contribution in [3.63, 3.8) is 0 Å². The summed E-state index contributed by atoms with van der Waals surface area (Å²) in [6, 6.07) is 21.8. The van der Waals surface area contributed by atoms with Crippen molar-refractivity contribution in [2.75, 3.05) is 32.7 Å². The number of piperidine rings is 1. The van der Waals surface area contributed by atoms with Crippen molar-refractivity contribution in [3.05, 3.63) is 89.2 Å². The van der Waals surface area contributed by atoms with Crippen LogP contribution in [-0.4, -0.2) is 75.2 Å². The SMILES string of the molecule is CCn1nc(C(=O)c2ccccc2)cc1C1CCN(CC2CN(C(C(=O)O)C3CCCCC3)CC2c2ccccc2)CC1. The standard InChI is InChI=1S/C36H46N4O3/c1-2-40-33(22-32(37-40)35(41)29-16-10-5-11-17-29)27-18-20-38(21-19-27)23-30-24-39(25-31(30)26-12-6-3-7-13-26)34(36(42)43)28-14-8-4-9-15-28/h3,5-7,10-13,16-17,22,27-28,30-31,34H,2,4,8-9,14-15,18-21,23-25H2,1H3,(H,42,43). The number of benzene rings is 2. The minimum Gasteiger partial charge on any atom is -0.480 e. The number of ketones is 1. The molecule has 0 amide bonds. The lowest BCUT2D eigenvalue weighted by Gasteiger charge is -2.35. The van der Waals surface area contributed by atoms with Crippen molar-refractivity contribution in [1.29, 1.82) is 0 Å². The van der Waals surface area contributed by atoms with Gasteiger partial charge in [0.25, 0.3) is 0 Å². The van der Waals surface area contributed by atoms with Crippen LogP contribution in [-0.2, 0) is 11.3 Å². The minimum absolute atomic E-state index is 0.0166. The molecule has 0 radical (unpaired) electrons. The van der Waals surface area contributed by atoms with Gasteiger partial charge in [-0.2, -0.15) is 5.10 Å². The van der Waals surface area contributed by atoms with Gasteiger partial charge in [0.05, 0.1) is 0 Å². The summed E-state index contributed by atoms with van der Waals surface area (Å²) >= 11 is 0. The average Bonchev–Trinajstić information content (AvgIpc) is 3.67. The van der Waals surface area contributed by atoms with E-state index in [1.165, 1.54) is 17.7 Å². The van der Waals surface area contributed by atoms with Gasteiger partial charge in [-0.15, -0.1) is 0 Å². The Hall–Kier alpha value is -3.29. The first-order chi connectivity index (χ1) is 21.0. The van der Waals surface area contributed by atoms with Crippen molar-refractivity contribution >= 4 is 11.8 Å². The highest BCUT2D eigenvalue weighted by atomic mass is 16.4. The second-order valence-corrected chi connectivity index (χ2v) is 13.0. The molecule has 7 heteroatoms. The Morgan fingerprint density at radius 3 is 2.23 bits per heavy atom. The van der Waals surface area contributed by atoms with Crippen LogP contribution in [0.2, 0.25) is 0 Å². The van der Waals surface area contributed by atoms with Crippen LogP contribution in [0.5, 0.6) is 0 Å². The lowest BCUT2D eigenvalue weighted by atomic mass is 9.83. The van der Waals surface area contributed by atoms with E-state index >= 15 is 0 Å². The zero-order valence-corrected chi connectivity index (χ0v) is 25.5. The average molecular weight is 583 g/mol. The summed E-state index contributed by atoms with van der Waals surface area (Å²) in [7, 11) is 0. The van der Waals surface area contributed by atoms with E-state index in [0.717, 1.165) is 77.8 Å². The van der Waals surface area contributed by atoms with Crippen molar-refractivity contribution in [2.45, 2.75) is 76.3 Å². The molecule has 6 rings (SSSR count). The molecule has 3 heterocycles. The highest BCUT2D eigenvalue weighted by molar-refractivity contribution is 6.07. The molecule has 3 aliphatic rings. The highest BCUT2D eigenvalue weighted by Gasteiger charge is 2.43. The van der Waals surface area contributed by atoms with E-state index in [1.807, 2.05) is 41.1 Å².